The summed E-state index contributed by atoms with van der Waals surface area (Å²) in [5, 5.41) is 33.8. The molecule has 10 nitrogen and oxygen atoms in total. The minimum atomic E-state index is -0.982. The van der Waals surface area contributed by atoms with Crippen LogP contribution in [0.5, 0.6) is 5.88 Å². The molecular formula is C22H27N5O5. The van der Waals surface area contributed by atoms with Crippen LogP contribution in [0.3, 0.4) is 0 Å². The van der Waals surface area contributed by atoms with Crippen molar-refractivity contribution < 1.29 is 24.5 Å². The van der Waals surface area contributed by atoms with Crippen molar-refractivity contribution in [3.8, 4) is 5.88 Å². The number of carbonyl (C=O) groups excluding carboxylic acids is 1. The van der Waals surface area contributed by atoms with Crippen LogP contribution in [-0.2, 0) is 11.3 Å². The number of aliphatic hydroxyl groups is 2. The monoisotopic (exact) mass is 441 g/mol. The first-order chi connectivity index (χ1) is 15.5. The van der Waals surface area contributed by atoms with Crippen molar-refractivity contribution in [2.24, 2.45) is 0 Å². The Morgan fingerprint density at radius 3 is 2.72 bits per heavy atom. The fraction of sp³-hybridized carbons (Fsp3) is 0.409. The highest BCUT2D eigenvalue weighted by Gasteiger charge is 2.43. The summed E-state index contributed by atoms with van der Waals surface area (Å²) in [5.41, 5.74) is 0.723. The van der Waals surface area contributed by atoms with Crippen LogP contribution in [0.2, 0.25) is 0 Å². The quantitative estimate of drug-likeness (QED) is 0.321. The molecule has 2 aromatic heterocycles. The second kappa shape index (κ2) is 9.51. The molecule has 32 heavy (non-hydrogen) atoms. The lowest BCUT2D eigenvalue weighted by molar-refractivity contribution is -0.0627. The van der Waals surface area contributed by atoms with E-state index in [9.17, 15) is 15.0 Å². The summed E-state index contributed by atoms with van der Waals surface area (Å²) >= 11 is 0. The van der Waals surface area contributed by atoms with Gasteiger partial charge in [-0.25, -0.2) is 9.78 Å². The number of ether oxygens (including phenoxy) is 2. The van der Waals surface area contributed by atoms with E-state index in [2.05, 4.69) is 25.8 Å². The SMILES string of the molecule is COCCOc1n[nH]c2cc(NC(=O)NC(c3ccccc3)C3(O)CCC3)nc(CO)c12. The lowest BCUT2D eigenvalue weighted by Crippen LogP contribution is -2.51. The highest BCUT2D eigenvalue weighted by Crippen LogP contribution is 2.42. The van der Waals surface area contributed by atoms with Crippen LogP contribution in [0.15, 0.2) is 36.4 Å². The summed E-state index contributed by atoms with van der Waals surface area (Å²) in [6.45, 7) is 0.332. The smallest absolute Gasteiger partial charge is 0.320 e. The average molecular weight is 441 g/mol. The van der Waals surface area contributed by atoms with Gasteiger partial charge in [0.1, 0.15) is 12.4 Å². The zero-order valence-electron chi connectivity index (χ0n) is 17.8. The third kappa shape index (κ3) is 4.52. The van der Waals surface area contributed by atoms with Crippen molar-refractivity contribution in [1.82, 2.24) is 20.5 Å². The number of aromatic amines is 1. The van der Waals surface area contributed by atoms with E-state index in [1.165, 1.54) is 0 Å². The second-order valence-corrected chi connectivity index (χ2v) is 7.80. The molecule has 170 valence electrons. The molecule has 1 aromatic carbocycles. The molecule has 2 heterocycles. The molecule has 0 spiro atoms. The number of benzene rings is 1. The Labute approximate surface area is 185 Å². The van der Waals surface area contributed by atoms with E-state index in [1.807, 2.05) is 30.3 Å². The summed E-state index contributed by atoms with van der Waals surface area (Å²) < 4.78 is 10.5. The normalized spacial score (nSPS) is 15.7. The molecular weight excluding hydrogens is 414 g/mol. The first-order valence-corrected chi connectivity index (χ1v) is 10.5. The van der Waals surface area contributed by atoms with Crippen molar-refractivity contribution in [1.29, 1.82) is 0 Å². The minimum Gasteiger partial charge on any atom is -0.474 e. The van der Waals surface area contributed by atoms with Crippen LogP contribution in [0.4, 0.5) is 10.6 Å². The van der Waals surface area contributed by atoms with Gasteiger partial charge in [-0.1, -0.05) is 30.3 Å². The Morgan fingerprint density at radius 2 is 2.06 bits per heavy atom. The number of nitrogens with one attached hydrogen (secondary N) is 3. The lowest BCUT2D eigenvalue weighted by atomic mass is 9.72. The Balaban J connectivity index is 1.52. The number of pyridine rings is 1. The predicted molar refractivity (Wildman–Crippen MR) is 117 cm³/mol. The fourth-order valence-corrected chi connectivity index (χ4v) is 3.88. The molecule has 0 bridgehead atoms. The van der Waals surface area contributed by atoms with Gasteiger partial charge in [0.25, 0.3) is 0 Å². The maximum atomic E-state index is 12.8. The van der Waals surface area contributed by atoms with Gasteiger partial charge in [0, 0.05) is 13.2 Å². The topological polar surface area (TPSA) is 142 Å². The third-order valence-electron chi connectivity index (χ3n) is 5.67. The molecule has 4 rings (SSSR count). The lowest BCUT2D eigenvalue weighted by Gasteiger charge is -2.43. The number of aliphatic hydroxyl groups excluding tert-OH is 1. The Hall–Kier alpha value is -3.21. The molecule has 3 aromatic rings. The van der Waals surface area contributed by atoms with Gasteiger partial charge in [0.2, 0.25) is 5.88 Å². The van der Waals surface area contributed by atoms with Crippen LogP contribution in [0.1, 0.15) is 36.6 Å². The van der Waals surface area contributed by atoms with Crippen molar-refractivity contribution in [3.63, 3.8) is 0 Å². The van der Waals surface area contributed by atoms with Crippen LogP contribution < -0.4 is 15.4 Å². The van der Waals surface area contributed by atoms with Gasteiger partial charge in [-0.15, -0.1) is 5.10 Å². The maximum Gasteiger partial charge on any atom is 0.320 e. The number of H-pyrrole nitrogens is 1. The van der Waals surface area contributed by atoms with Gasteiger partial charge in [0.05, 0.1) is 41.5 Å². The average Bonchev–Trinajstić information content (AvgIpc) is 3.19. The van der Waals surface area contributed by atoms with E-state index in [4.69, 9.17) is 9.47 Å². The van der Waals surface area contributed by atoms with Crippen LogP contribution in [-0.4, -0.2) is 57.4 Å². The number of anilines is 1. The van der Waals surface area contributed by atoms with E-state index >= 15 is 0 Å². The summed E-state index contributed by atoms with van der Waals surface area (Å²) in [6.07, 6.45) is 2.15. The van der Waals surface area contributed by atoms with E-state index in [0.29, 0.717) is 48.5 Å². The number of hydrogen-bond acceptors (Lipinski definition) is 7. The van der Waals surface area contributed by atoms with E-state index in [0.717, 1.165) is 12.0 Å². The van der Waals surface area contributed by atoms with Crippen molar-refractivity contribution >= 4 is 22.8 Å². The summed E-state index contributed by atoms with van der Waals surface area (Å²) in [4.78, 5) is 17.1. The number of methoxy groups -OCH3 is 1. The Morgan fingerprint density at radius 1 is 1.28 bits per heavy atom. The number of carbonyl (C=O) groups is 1. The summed E-state index contributed by atoms with van der Waals surface area (Å²) in [5.74, 6) is 0.541. The van der Waals surface area contributed by atoms with Crippen molar-refractivity contribution in [2.45, 2.75) is 37.5 Å². The molecule has 1 fully saturated rings. The molecule has 0 aliphatic heterocycles. The first kappa shape index (κ1) is 22.0. The molecule has 1 atom stereocenters. The molecule has 1 unspecified atom stereocenters. The molecule has 5 N–H and O–H groups in total. The number of rotatable bonds is 9. The molecule has 10 heteroatoms. The zero-order valence-corrected chi connectivity index (χ0v) is 17.8. The molecule has 2 amide bonds. The van der Waals surface area contributed by atoms with E-state index < -0.39 is 17.7 Å². The van der Waals surface area contributed by atoms with Crippen LogP contribution in [0.25, 0.3) is 10.9 Å². The Bertz CT molecular complexity index is 1070. The number of hydrogen-bond donors (Lipinski definition) is 5. The highest BCUT2D eigenvalue weighted by atomic mass is 16.5. The maximum absolute atomic E-state index is 12.8. The largest absolute Gasteiger partial charge is 0.474 e. The standard InChI is InChI=1S/C22H27N5O5/c1-31-10-11-32-20-18-15(26-27-20)12-17(23-16(18)13-28)24-21(29)25-19(22(30)8-5-9-22)14-6-3-2-4-7-14/h2-4,6-7,12,19,28,30H,5,8-11,13H2,1H3,(H,26,27)(H2,23,24,25,29). The van der Waals surface area contributed by atoms with Crippen LogP contribution in [0, 0.1) is 0 Å². The van der Waals surface area contributed by atoms with Gasteiger partial charge in [-0.05, 0) is 24.8 Å². The fourth-order valence-electron chi connectivity index (χ4n) is 3.88. The van der Waals surface area contributed by atoms with Crippen molar-refractivity contribution in [3.05, 3.63) is 47.7 Å². The molecule has 1 saturated carbocycles. The summed E-state index contributed by atoms with van der Waals surface area (Å²) in [6, 6.07) is 9.95. The van der Waals surface area contributed by atoms with Gasteiger partial charge < -0.3 is 25.0 Å². The van der Waals surface area contributed by atoms with Gasteiger partial charge in [0.15, 0.2) is 0 Å². The number of amides is 2. The predicted octanol–water partition coefficient (Wildman–Crippen LogP) is 2.25. The molecule has 1 aliphatic rings. The number of fused-ring (bicyclic) bond motifs is 1. The second-order valence-electron chi connectivity index (χ2n) is 7.80. The van der Waals surface area contributed by atoms with Gasteiger partial charge in [-0.2, -0.15) is 0 Å². The first-order valence-electron chi connectivity index (χ1n) is 10.5. The van der Waals surface area contributed by atoms with Crippen molar-refractivity contribution in [2.75, 3.05) is 25.6 Å². The number of aromatic nitrogens is 3. The van der Waals surface area contributed by atoms with E-state index in [-0.39, 0.29) is 12.4 Å². The van der Waals surface area contributed by atoms with E-state index in [1.54, 1.807) is 13.2 Å². The Kier molecular flexibility index (Phi) is 6.54. The summed E-state index contributed by atoms with van der Waals surface area (Å²) in [7, 11) is 1.57. The zero-order chi connectivity index (χ0) is 22.6. The number of nitrogens with zero attached hydrogens (tertiary/aromatic N) is 2. The molecule has 1 aliphatic carbocycles. The van der Waals surface area contributed by atoms with Gasteiger partial charge >= 0.3 is 6.03 Å². The third-order valence-corrected chi connectivity index (χ3v) is 5.67. The number of urea groups is 1. The van der Waals surface area contributed by atoms with Crippen LogP contribution >= 0.6 is 0 Å². The molecule has 0 radical (unpaired) electrons. The minimum absolute atomic E-state index is 0.235. The molecule has 0 saturated heterocycles. The highest BCUT2D eigenvalue weighted by molar-refractivity contribution is 5.93. The van der Waals surface area contributed by atoms with Gasteiger partial charge in [-0.3, -0.25) is 10.4 Å².